The molecule has 0 heterocycles. The molecular weight excluding hydrogens is 394 g/mol. The highest BCUT2D eigenvalue weighted by Gasteiger charge is 2.13. The van der Waals surface area contributed by atoms with Gasteiger partial charge >= 0.3 is 0 Å². The molecule has 0 fully saturated rings. The van der Waals surface area contributed by atoms with Crippen LogP contribution in [0.5, 0.6) is 11.5 Å². The van der Waals surface area contributed by atoms with Crippen LogP contribution >= 0.6 is 15.9 Å². The summed E-state index contributed by atoms with van der Waals surface area (Å²) in [5, 5.41) is 24.3. The van der Waals surface area contributed by atoms with Crippen molar-refractivity contribution in [2.24, 2.45) is 5.10 Å². The summed E-state index contributed by atoms with van der Waals surface area (Å²) in [5.41, 5.74) is 3.15. The van der Waals surface area contributed by atoms with Gasteiger partial charge in [-0.05, 0) is 35.0 Å². The number of aryl methyl sites for hydroxylation is 1. The summed E-state index contributed by atoms with van der Waals surface area (Å²) in [4.78, 5) is 21.9. The number of ether oxygens (including phenoxy) is 1. The van der Waals surface area contributed by atoms with E-state index in [9.17, 15) is 20.0 Å². The van der Waals surface area contributed by atoms with E-state index >= 15 is 0 Å². The summed E-state index contributed by atoms with van der Waals surface area (Å²) in [6, 6.07) is 9.50. The lowest BCUT2D eigenvalue weighted by molar-refractivity contribution is -0.385. The van der Waals surface area contributed by atoms with Gasteiger partial charge in [0.2, 0.25) is 0 Å². The number of hydrogen-bond acceptors (Lipinski definition) is 6. The maximum absolute atomic E-state index is 11.7. The molecule has 0 aliphatic carbocycles. The maximum atomic E-state index is 11.7. The highest BCUT2D eigenvalue weighted by Crippen LogP contribution is 2.31. The predicted molar refractivity (Wildman–Crippen MR) is 94.9 cm³/mol. The van der Waals surface area contributed by atoms with Crippen LogP contribution in [0.4, 0.5) is 5.69 Å². The number of nitro benzene ring substituents is 1. The number of halogens is 1. The lowest BCUT2D eigenvalue weighted by Crippen LogP contribution is -2.24. The van der Waals surface area contributed by atoms with Crippen LogP contribution in [-0.4, -0.2) is 28.8 Å². The van der Waals surface area contributed by atoms with Gasteiger partial charge in [-0.1, -0.05) is 17.7 Å². The first-order valence-electron chi connectivity index (χ1n) is 7.05. The third-order valence-electron chi connectivity index (χ3n) is 3.07. The first-order chi connectivity index (χ1) is 11.9. The molecular formula is C16H14BrN3O5. The van der Waals surface area contributed by atoms with Gasteiger partial charge in [0, 0.05) is 17.7 Å². The van der Waals surface area contributed by atoms with Crippen molar-refractivity contribution < 1.29 is 19.6 Å². The van der Waals surface area contributed by atoms with Crippen LogP contribution in [0.15, 0.2) is 46.0 Å². The van der Waals surface area contributed by atoms with Gasteiger partial charge < -0.3 is 9.84 Å². The Morgan fingerprint density at radius 1 is 1.40 bits per heavy atom. The Morgan fingerprint density at radius 3 is 2.72 bits per heavy atom. The smallest absolute Gasteiger partial charge is 0.277 e. The number of carbonyl (C=O) groups is 1. The summed E-state index contributed by atoms with van der Waals surface area (Å²) < 4.78 is 5.44. The molecule has 8 nitrogen and oxygen atoms in total. The van der Waals surface area contributed by atoms with Crippen molar-refractivity contribution in [3.05, 3.63) is 62.1 Å². The molecule has 0 radical (unpaired) electrons. The number of nitrogens with one attached hydrogen (secondary N) is 1. The first-order valence-corrected chi connectivity index (χ1v) is 7.84. The van der Waals surface area contributed by atoms with Gasteiger partial charge in [0.1, 0.15) is 11.5 Å². The zero-order valence-corrected chi connectivity index (χ0v) is 14.7. The Kier molecular flexibility index (Phi) is 6.07. The van der Waals surface area contributed by atoms with E-state index in [0.717, 1.165) is 17.8 Å². The molecule has 0 saturated heterocycles. The van der Waals surface area contributed by atoms with Crippen LogP contribution in [0.2, 0.25) is 0 Å². The first kappa shape index (κ1) is 18.4. The predicted octanol–water partition coefficient (Wildman–Crippen LogP) is 2.90. The molecule has 0 atom stereocenters. The monoisotopic (exact) mass is 407 g/mol. The van der Waals surface area contributed by atoms with Gasteiger partial charge in [-0.3, -0.25) is 14.9 Å². The highest BCUT2D eigenvalue weighted by molar-refractivity contribution is 9.10. The molecule has 0 unspecified atom stereocenters. The number of hydrogen-bond donors (Lipinski definition) is 2. The van der Waals surface area contributed by atoms with Gasteiger partial charge in [0.25, 0.3) is 11.6 Å². The number of nitro groups is 1. The van der Waals surface area contributed by atoms with Crippen molar-refractivity contribution in [2.75, 3.05) is 6.61 Å². The van der Waals surface area contributed by atoms with E-state index < -0.39 is 10.8 Å². The fourth-order valence-corrected chi connectivity index (χ4v) is 2.26. The van der Waals surface area contributed by atoms with E-state index in [4.69, 9.17) is 4.74 Å². The normalized spacial score (nSPS) is 10.6. The van der Waals surface area contributed by atoms with E-state index in [1.807, 2.05) is 19.1 Å². The zero-order chi connectivity index (χ0) is 18.4. The number of rotatable bonds is 6. The van der Waals surface area contributed by atoms with Crippen molar-refractivity contribution >= 4 is 33.7 Å². The standard InChI is InChI=1S/C16H14BrN3O5/c1-10-2-4-13(5-3-10)25-9-15(21)19-18-8-11-6-12(20(23)24)7-14(17)16(11)22/h2-8,22H,9H2,1H3,(H,19,21). The maximum Gasteiger partial charge on any atom is 0.277 e. The van der Waals surface area contributed by atoms with Crippen molar-refractivity contribution in [2.45, 2.75) is 6.92 Å². The number of nitrogens with zero attached hydrogens (tertiary/aromatic N) is 2. The second kappa shape index (κ2) is 8.25. The Bertz CT molecular complexity index is 821. The molecule has 0 bridgehead atoms. The lowest BCUT2D eigenvalue weighted by Gasteiger charge is -2.05. The minimum Gasteiger partial charge on any atom is -0.506 e. The summed E-state index contributed by atoms with van der Waals surface area (Å²) in [6.07, 6.45) is 1.11. The second-order valence-electron chi connectivity index (χ2n) is 5.02. The molecule has 25 heavy (non-hydrogen) atoms. The minimum atomic E-state index is -0.602. The average molecular weight is 408 g/mol. The van der Waals surface area contributed by atoms with Crippen LogP contribution in [0.3, 0.4) is 0 Å². The van der Waals surface area contributed by atoms with Crippen LogP contribution in [0, 0.1) is 17.0 Å². The number of phenols is 1. The second-order valence-corrected chi connectivity index (χ2v) is 5.87. The number of non-ortho nitro benzene ring substituents is 1. The third kappa shape index (κ3) is 5.28. The van der Waals surface area contributed by atoms with Crippen LogP contribution in [0.25, 0.3) is 0 Å². The zero-order valence-electron chi connectivity index (χ0n) is 13.1. The molecule has 2 rings (SSSR count). The number of benzene rings is 2. The average Bonchev–Trinajstić information content (AvgIpc) is 2.57. The SMILES string of the molecule is Cc1ccc(OCC(=O)NN=Cc2cc([N+](=O)[O-])cc(Br)c2O)cc1. The van der Waals surface area contributed by atoms with Crippen molar-refractivity contribution in [3.8, 4) is 11.5 Å². The van der Waals surface area contributed by atoms with Gasteiger partial charge in [-0.15, -0.1) is 0 Å². The number of aromatic hydroxyl groups is 1. The Balaban J connectivity index is 1.95. The molecule has 2 aromatic carbocycles. The molecule has 1 amide bonds. The van der Waals surface area contributed by atoms with E-state index in [1.165, 1.54) is 6.07 Å². The number of amides is 1. The quantitative estimate of drug-likeness (QED) is 0.434. The molecule has 0 aromatic heterocycles. The fourth-order valence-electron chi connectivity index (χ4n) is 1.80. The van der Waals surface area contributed by atoms with Crippen LogP contribution in [0.1, 0.15) is 11.1 Å². The third-order valence-corrected chi connectivity index (χ3v) is 3.68. The largest absolute Gasteiger partial charge is 0.506 e. The van der Waals surface area contributed by atoms with Crippen LogP contribution < -0.4 is 10.2 Å². The van der Waals surface area contributed by atoms with E-state index in [0.29, 0.717) is 5.75 Å². The summed E-state index contributed by atoms with van der Waals surface area (Å²) in [6.45, 7) is 1.69. The molecule has 2 aromatic rings. The summed E-state index contributed by atoms with van der Waals surface area (Å²) in [5.74, 6) is -0.190. The summed E-state index contributed by atoms with van der Waals surface area (Å²) in [7, 11) is 0. The number of carbonyl (C=O) groups excluding carboxylic acids is 1. The molecule has 0 aliphatic heterocycles. The molecule has 0 aliphatic rings. The van der Waals surface area contributed by atoms with E-state index in [-0.39, 0.29) is 28.1 Å². The number of hydrazone groups is 1. The summed E-state index contributed by atoms with van der Waals surface area (Å²) >= 11 is 3.02. The fraction of sp³-hybridized carbons (Fsp3) is 0.125. The van der Waals surface area contributed by atoms with Gasteiger partial charge in [0.05, 0.1) is 15.6 Å². The molecule has 0 spiro atoms. The highest BCUT2D eigenvalue weighted by atomic mass is 79.9. The lowest BCUT2D eigenvalue weighted by atomic mass is 10.2. The Hall–Kier alpha value is -2.94. The van der Waals surface area contributed by atoms with Crippen molar-refractivity contribution in [3.63, 3.8) is 0 Å². The van der Waals surface area contributed by atoms with E-state index in [1.54, 1.807) is 12.1 Å². The minimum absolute atomic E-state index is 0.0841. The van der Waals surface area contributed by atoms with Gasteiger partial charge in [0.15, 0.2) is 6.61 Å². The Morgan fingerprint density at radius 2 is 2.08 bits per heavy atom. The topological polar surface area (TPSA) is 114 Å². The molecule has 2 N–H and O–H groups in total. The molecule has 0 saturated carbocycles. The molecule has 9 heteroatoms. The van der Waals surface area contributed by atoms with Crippen molar-refractivity contribution in [1.82, 2.24) is 5.43 Å². The van der Waals surface area contributed by atoms with E-state index in [2.05, 4.69) is 26.5 Å². The number of phenolic OH excluding ortho intramolecular Hbond substituents is 1. The van der Waals surface area contributed by atoms with Crippen molar-refractivity contribution in [1.29, 1.82) is 0 Å². The van der Waals surface area contributed by atoms with Gasteiger partial charge in [-0.25, -0.2) is 5.43 Å². The van der Waals surface area contributed by atoms with Gasteiger partial charge in [-0.2, -0.15) is 5.10 Å². The Labute approximate surface area is 151 Å². The van der Waals surface area contributed by atoms with Crippen LogP contribution in [-0.2, 0) is 4.79 Å². The molecule has 130 valence electrons.